The van der Waals surface area contributed by atoms with Gasteiger partial charge in [0.1, 0.15) is 18.1 Å². The van der Waals surface area contributed by atoms with E-state index in [1.165, 1.54) is 5.56 Å². The van der Waals surface area contributed by atoms with Gasteiger partial charge in [-0.15, -0.1) is 0 Å². The maximum absolute atomic E-state index is 12.4. The van der Waals surface area contributed by atoms with E-state index in [2.05, 4.69) is 20.8 Å². The minimum absolute atomic E-state index is 0.0623. The van der Waals surface area contributed by atoms with Crippen molar-refractivity contribution in [2.24, 2.45) is 5.73 Å². The van der Waals surface area contributed by atoms with E-state index in [0.717, 1.165) is 11.3 Å². The molecule has 0 amide bonds. The average molecular weight is 386 g/mol. The van der Waals surface area contributed by atoms with E-state index in [-0.39, 0.29) is 11.4 Å². The smallest absolute Gasteiger partial charge is 0.347 e. The van der Waals surface area contributed by atoms with E-state index in [0.29, 0.717) is 31.9 Å². The second-order valence-electron chi connectivity index (χ2n) is 7.62. The molecule has 0 saturated heterocycles. The molecule has 0 heterocycles. The summed E-state index contributed by atoms with van der Waals surface area (Å²) in [5.41, 5.74) is 7.68. The highest BCUT2D eigenvalue weighted by Crippen LogP contribution is 2.25. The lowest BCUT2D eigenvalue weighted by atomic mass is 9.87. The van der Waals surface area contributed by atoms with Crippen molar-refractivity contribution in [1.29, 1.82) is 0 Å². The van der Waals surface area contributed by atoms with E-state index in [9.17, 15) is 4.79 Å². The normalized spacial score (nSPS) is 12.3. The molecule has 2 N–H and O–H groups in total. The standard InChI is InChI=1S/C23H31NO4/c1-5-26-22(25)21(16-17-6-10-19(11-7-17)27-15-14-24)28-20-12-8-18(9-13-20)23(2,3)4/h6-13,21H,5,14-16,24H2,1-4H3. The molecule has 2 rings (SSSR count). The van der Waals surface area contributed by atoms with Crippen LogP contribution in [0.3, 0.4) is 0 Å². The van der Waals surface area contributed by atoms with Crippen molar-refractivity contribution in [3.8, 4) is 11.5 Å². The summed E-state index contributed by atoms with van der Waals surface area (Å²) in [4.78, 5) is 12.4. The van der Waals surface area contributed by atoms with Crippen molar-refractivity contribution in [2.75, 3.05) is 19.8 Å². The maximum atomic E-state index is 12.4. The molecule has 0 aliphatic carbocycles. The van der Waals surface area contributed by atoms with Crippen LogP contribution in [-0.4, -0.2) is 31.8 Å². The number of hydrogen-bond acceptors (Lipinski definition) is 5. The maximum Gasteiger partial charge on any atom is 0.347 e. The molecule has 28 heavy (non-hydrogen) atoms. The molecule has 0 radical (unpaired) electrons. The van der Waals surface area contributed by atoms with Gasteiger partial charge in [0.25, 0.3) is 0 Å². The third-order valence-corrected chi connectivity index (χ3v) is 4.28. The lowest BCUT2D eigenvalue weighted by Gasteiger charge is -2.21. The van der Waals surface area contributed by atoms with E-state index >= 15 is 0 Å². The molecule has 0 bridgehead atoms. The molecule has 2 aromatic rings. The van der Waals surface area contributed by atoms with Gasteiger partial charge >= 0.3 is 5.97 Å². The Morgan fingerprint density at radius 2 is 1.61 bits per heavy atom. The van der Waals surface area contributed by atoms with Crippen LogP contribution in [0.1, 0.15) is 38.8 Å². The Hall–Kier alpha value is -2.53. The molecule has 5 heteroatoms. The van der Waals surface area contributed by atoms with Crippen LogP contribution in [0.4, 0.5) is 0 Å². The van der Waals surface area contributed by atoms with Crippen molar-refractivity contribution >= 4 is 5.97 Å². The zero-order valence-electron chi connectivity index (χ0n) is 17.2. The fraction of sp³-hybridized carbons (Fsp3) is 0.435. The number of nitrogens with two attached hydrogens (primary N) is 1. The van der Waals surface area contributed by atoms with E-state index < -0.39 is 6.10 Å². The van der Waals surface area contributed by atoms with Crippen LogP contribution < -0.4 is 15.2 Å². The Bertz CT molecular complexity index is 733. The van der Waals surface area contributed by atoms with Crippen molar-refractivity contribution in [2.45, 2.75) is 45.6 Å². The number of ether oxygens (including phenoxy) is 3. The minimum Gasteiger partial charge on any atom is -0.492 e. The van der Waals surface area contributed by atoms with E-state index in [1.807, 2.05) is 48.5 Å². The molecule has 1 unspecified atom stereocenters. The van der Waals surface area contributed by atoms with Gasteiger partial charge in [-0.3, -0.25) is 0 Å². The summed E-state index contributed by atoms with van der Waals surface area (Å²) in [6.07, 6.45) is -0.298. The van der Waals surface area contributed by atoms with Gasteiger partial charge in [0, 0.05) is 13.0 Å². The second kappa shape index (κ2) is 10.1. The van der Waals surface area contributed by atoms with Gasteiger partial charge in [-0.05, 0) is 47.7 Å². The zero-order valence-corrected chi connectivity index (χ0v) is 17.2. The van der Waals surface area contributed by atoms with Crippen LogP contribution in [0.2, 0.25) is 0 Å². The Balaban J connectivity index is 2.10. The first-order valence-corrected chi connectivity index (χ1v) is 9.69. The molecule has 0 aromatic heterocycles. The number of hydrogen-bond donors (Lipinski definition) is 1. The molecule has 5 nitrogen and oxygen atoms in total. The topological polar surface area (TPSA) is 70.8 Å². The summed E-state index contributed by atoms with van der Waals surface area (Å²) in [6.45, 7) is 9.51. The predicted octanol–water partition coefficient (Wildman–Crippen LogP) is 3.87. The van der Waals surface area contributed by atoms with Gasteiger partial charge in [-0.2, -0.15) is 0 Å². The van der Waals surface area contributed by atoms with Crippen molar-refractivity contribution in [1.82, 2.24) is 0 Å². The van der Waals surface area contributed by atoms with Crippen LogP contribution in [0.15, 0.2) is 48.5 Å². The molecule has 2 aromatic carbocycles. The van der Waals surface area contributed by atoms with Crippen molar-refractivity contribution < 1.29 is 19.0 Å². The number of carbonyl (C=O) groups is 1. The fourth-order valence-electron chi connectivity index (χ4n) is 2.72. The van der Waals surface area contributed by atoms with Gasteiger partial charge in [-0.1, -0.05) is 45.0 Å². The fourth-order valence-corrected chi connectivity index (χ4v) is 2.72. The first kappa shape index (κ1) is 21.8. The van der Waals surface area contributed by atoms with Crippen molar-refractivity contribution in [3.05, 3.63) is 59.7 Å². The number of benzene rings is 2. The number of esters is 1. The Morgan fingerprint density at radius 3 is 2.14 bits per heavy atom. The Kier molecular flexibility index (Phi) is 7.88. The SMILES string of the molecule is CCOC(=O)C(Cc1ccc(OCCN)cc1)Oc1ccc(C(C)(C)C)cc1. The van der Waals surface area contributed by atoms with Crippen LogP contribution in [0.25, 0.3) is 0 Å². The van der Waals surface area contributed by atoms with E-state index in [4.69, 9.17) is 19.9 Å². The monoisotopic (exact) mass is 385 g/mol. The highest BCUT2D eigenvalue weighted by molar-refractivity contribution is 5.75. The quantitative estimate of drug-likeness (QED) is 0.664. The predicted molar refractivity (Wildman–Crippen MR) is 111 cm³/mol. The molecule has 0 fully saturated rings. The molecule has 0 aliphatic rings. The third-order valence-electron chi connectivity index (χ3n) is 4.28. The van der Waals surface area contributed by atoms with Gasteiger partial charge in [-0.25, -0.2) is 4.79 Å². The first-order chi connectivity index (χ1) is 13.3. The molecule has 0 spiro atoms. The highest BCUT2D eigenvalue weighted by Gasteiger charge is 2.23. The third kappa shape index (κ3) is 6.57. The molecule has 152 valence electrons. The van der Waals surface area contributed by atoms with Crippen molar-refractivity contribution in [3.63, 3.8) is 0 Å². The molecule has 0 saturated carbocycles. The number of rotatable bonds is 9. The van der Waals surface area contributed by atoms with Gasteiger partial charge in [0.2, 0.25) is 0 Å². The molecular weight excluding hydrogens is 354 g/mol. The largest absolute Gasteiger partial charge is 0.492 e. The summed E-state index contributed by atoms with van der Waals surface area (Å²) >= 11 is 0. The van der Waals surface area contributed by atoms with Gasteiger partial charge in [0.15, 0.2) is 6.10 Å². The molecule has 1 atom stereocenters. The van der Waals surface area contributed by atoms with Crippen LogP contribution in [0, 0.1) is 0 Å². The van der Waals surface area contributed by atoms with Crippen LogP contribution >= 0.6 is 0 Å². The summed E-state index contributed by atoms with van der Waals surface area (Å²) < 4.78 is 16.7. The lowest BCUT2D eigenvalue weighted by Crippen LogP contribution is -2.31. The summed E-state index contributed by atoms with van der Waals surface area (Å²) in [5, 5.41) is 0. The second-order valence-corrected chi connectivity index (χ2v) is 7.62. The summed E-state index contributed by atoms with van der Waals surface area (Å²) in [7, 11) is 0. The highest BCUT2D eigenvalue weighted by atomic mass is 16.6. The average Bonchev–Trinajstić information content (AvgIpc) is 2.67. The Labute approximate surface area is 167 Å². The minimum atomic E-state index is -0.712. The lowest BCUT2D eigenvalue weighted by molar-refractivity contribution is -0.151. The molecular formula is C23H31NO4. The Morgan fingerprint density at radius 1 is 1.00 bits per heavy atom. The van der Waals surface area contributed by atoms with Gasteiger partial charge < -0.3 is 19.9 Å². The van der Waals surface area contributed by atoms with Crippen LogP contribution in [0.5, 0.6) is 11.5 Å². The van der Waals surface area contributed by atoms with E-state index in [1.54, 1.807) is 6.92 Å². The zero-order chi connectivity index (χ0) is 20.6. The number of carbonyl (C=O) groups excluding carboxylic acids is 1. The molecule has 0 aliphatic heterocycles. The summed E-state index contributed by atoms with van der Waals surface area (Å²) in [6, 6.07) is 15.4. The summed E-state index contributed by atoms with van der Waals surface area (Å²) in [5.74, 6) is 1.03. The van der Waals surface area contributed by atoms with Gasteiger partial charge in [0.05, 0.1) is 6.61 Å². The first-order valence-electron chi connectivity index (χ1n) is 9.69. The van der Waals surface area contributed by atoms with Crippen LogP contribution in [-0.2, 0) is 21.4 Å².